The highest BCUT2D eigenvalue weighted by molar-refractivity contribution is 5.40. The summed E-state index contributed by atoms with van der Waals surface area (Å²) in [5.74, 6) is 3.08. The number of fused-ring (bicyclic) bond motifs is 2. The molecule has 3 aliphatic rings. The number of hydrogen-bond donors (Lipinski definition) is 1. The maximum Gasteiger partial charge on any atom is 0.0579 e. The van der Waals surface area contributed by atoms with Gasteiger partial charge in [0.2, 0.25) is 0 Å². The van der Waals surface area contributed by atoms with Crippen molar-refractivity contribution in [2.24, 2.45) is 17.8 Å². The van der Waals surface area contributed by atoms with Crippen molar-refractivity contribution in [2.45, 2.75) is 44.1 Å². The van der Waals surface area contributed by atoms with Crippen LogP contribution in [0.5, 0.6) is 0 Å². The molecular weight excluding hydrogens is 208 g/mol. The second-order valence-corrected chi connectivity index (χ2v) is 6.24. The number of rotatable bonds is 3. The second kappa shape index (κ2) is 3.58. The summed E-state index contributed by atoms with van der Waals surface area (Å²) in [5.41, 5.74) is 3.00. The van der Waals surface area contributed by atoms with E-state index in [1.807, 2.05) is 0 Å². The average Bonchev–Trinajstić information content (AvgIpc) is 2.80. The van der Waals surface area contributed by atoms with E-state index < -0.39 is 0 Å². The van der Waals surface area contributed by atoms with E-state index in [4.69, 9.17) is 0 Å². The molecule has 4 atom stereocenters. The SMILES string of the molecule is OC(CC1Cc2ccccc21)C1C2CCCC21. The van der Waals surface area contributed by atoms with E-state index in [1.165, 1.54) is 36.8 Å². The van der Waals surface area contributed by atoms with Crippen LogP contribution in [-0.4, -0.2) is 11.2 Å². The third-order valence-electron chi connectivity index (χ3n) is 5.40. The van der Waals surface area contributed by atoms with Crippen molar-refractivity contribution in [1.82, 2.24) is 0 Å². The zero-order valence-corrected chi connectivity index (χ0v) is 10.2. The molecule has 90 valence electrons. The van der Waals surface area contributed by atoms with Gasteiger partial charge in [0.25, 0.3) is 0 Å². The molecule has 0 spiro atoms. The summed E-state index contributed by atoms with van der Waals surface area (Å²) in [6.07, 6.45) is 6.35. The predicted molar refractivity (Wildman–Crippen MR) is 67.8 cm³/mol. The van der Waals surface area contributed by atoms with Crippen molar-refractivity contribution in [3.63, 3.8) is 0 Å². The topological polar surface area (TPSA) is 20.2 Å². The Morgan fingerprint density at radius 2 is 1.94 bits per heavy atom. The van der Waals surface area contributed by atoms with Gasteiger partial charge in [-0.05, 0) is 60.5 Å². The zero-order chi connectivity index (χ0) is 11.4. The Balaban J connectivity index is 1.40. The highest BCUT2D eigenvalue weighted by Crippen LogP contribution is 2.60. The van der Waals surface area contributed by atoms with Crippen LogP contribution in [0, 0.1) is 17.8 Å². The molecule has 1 heteroatoms. The fraction of sp³-hybridized carbons (Fsp3) is 0.625. The number of benzene rings is 1. The fourth-order valence-corrected chi connectivity index (χ4v) is 4.47. The van der Waals surface area contributed by atoms with E-state index >= 15 is 0 Å². The summed E-state index contributed by atoms with van der Waals surface area (Å²) in [4.78, 5) is 0. The van der Waals surface area contributed by atoms with E-state index in [1.54, 1.807) is 0 Å². The van der Waals surface area contributed by atoms with Gasteiger partial charge in [0.05, 0.1) is 6.10 Å². The molecule has 2 fully saturated rings. The summed E-state index contributed by atoms with van der Waals surface area (Å²) in [7, 11) is 0. The van der Waals surface area contributed by atoms with Crippen LogP contribution in [0.15, 0.2) is 24.3 Å². The Morgan fingerprint density at radius 1 is 1.18 bits per heavy atom. The van der Waals surface area contributed by atoms with Gasteiger partial charge in [-0.15, -0.1) is 0 Å². The van der Waals surface area contributed by atoms with Crippen LogP contribution in [0.4, 0.5) is 0 Å². The van der Waals surface area contributed by atoms with Crippen LogP contribution >= 0.6 is 0 Å². The van der Waals surface area contributed by atoms with Gasteiger partial charge in [0, 0.05) is 0 Å². The molecule has 4 rings (SSSR count). The first kappa shape index (κ1) is 10.1. The molecule has 3 aliphatic carbocycles. The Labute approximate surface area is 103 Å². The first-order valence-electron chi connectivity index (χ1n) is 7.10. The van der Waals surface area contributed by atoms with Crippen molar-refractivity contribution >= 4 is 0 Å². The third kappa shape index (κ3) is 1.48. The lowest BCUT2D eigenvalue weighted by Crippen LogP contribution is -2.24. The minimum atomic E-state index is -0.0244. The second-order valence-electron chi connectivity index (χ2n) is 6.24. The van der Waals surface area contributed by atoms with Gasteiger partial charge in [0.1, 0.15) is 0 Å². The molecule has 1 nitrogen and oxygen atoms in total. The first-order valence-corrected chi connectivity index (χ1v) is 7.10. The summed E-state index contributed by atoms with van der Waals surface area (Å²) in [6, 6.07) is 8.72. The quantitative estimate of drug-likeness (QED) is 0.842. The van der Waals surface area contributed by atoms with Gasteiger partial charge in [-0.3, -0.25) is 0 Å². The predicted octanol–water partition coefficient (Wildman–Crippen LogP) is 3.12. The minimum absolute atomic E-state index is 0.0244. The molecule has 0 amide bonds. The van der Waals surface area contributed by atoms with Crippen molar-refractivity contribution in [2.75, 3.05) is 0 Å². The minimum Gasteiger partial charge on any atom is -0.393 e. The van der Waals surface area contributed by atoms with Crippen molar-refractivity contribution in [1.29, 1.82) is 0 Å². The van der Waals surface area contributed by atoms with E-state index in [9.17, 15) is 5.11 Å². The van der Waals surface area contributed by atoms with E-state index in [0.29, 0.717) is 11.8 Å². The summed E-state index contributed by atoms with van der Waals surface area (Å²) in [5, 5.41) is 10.4. The lowest BCUT2D eigenvalue weighted by atomic mass is 9.74. The van der Waals surface area contributed by atoms with Crippen molar-refractivity contribution < 1.29 is 5.11 Å². The first-order chi connectivity index (χ1) is 8.34. The van der Waals surface area contributed by atoms with Gasteiger partial charge in [0.15, 0.2) is 0 Å². The van der Waals surface area contributed by atoms with Crippen LogP contribution in [-0.2, 0) is 6.42 Å². The van der Waals surface area contributed by atoms with Crippen LogP contribution in [0.1, 0.15) is 42.7 Å². The number of aliphatic hydroxyl groups is 1. The Bertz CT molecular complexity index is 429. The van der Waals surface area contributed by atoms with Crippen LogP contribution in [0.3, 0.4) is 0 Å². The largest absolute Gasteiger partial charge is 0.393 e. The van der Waals surface area contributed by atoms with Gasteiger partial charge in [-0.25, -0.2) is 0 Å². The molecule has 2 saturated carbocycles. The molecule has 0 aromatic heterocycles. The molecule has 1 aromatic rings. The summed E-state index contributed by atoms with van der Waals surface area (Å²) >= 11 is 0. The highest BCUT2D eigenvalue weighted by Gasteiger charge is 2.55. The Morgan fingerprint density at radius 3 is 2.71 bits per heavy atom. The molecule has 0 saturated heterocycles. The monoisotopic (exact) mass is 228 g/mol. The van der Waals surface area contributed by atoms with Gasteiger partial charge >= 0.3 is 0 Å². The normalized spacial score (nSPS) is 39.1. The maximum absolute atomic E-state index is 10.4. The molecule has 0 aliphatic heterocycles. The van der Waals surface area contributed by atoms with E-state index in [2.05, 4.69) is 24.3 Å². The van der Waals surface area contributed by atoms with E-state index in [0.717, 1.165) is 18.3 Å². The molecule has 17 heavy (non-hydrogen) atoms. The smallest absolute Gasteiger partial charge is 0.0579 e. The standard InChI is InChI=1S/C16H20O/c17-15(16-13-6-3-7-14(13)16)9-11-8-10-4-1-2-5-12(10)11/h1-2,4-5,11,13-17H,3,6-9H2. The fourth-order valence-electron chi connectivity index (χ4n) is 4.47. The molecule has 4 unspecified atom stereocenters. The van der Waals surface area contributed by atoms with Crippen molar-refractivity contribution in [3.05, 3.63) is 35.4 Å². The van der Waals surface area contributed by atoms with Crippen molar-refractivity contribution in [3.8, 4) is 0 Å². The molecular formula is C16H20O. The number of aliphatic hydroxyl groups excluding tert-OH is 1. The Kier molecular flexibility index (Phi) is 2.14. The molecule has 1 N–H and O–H groups in total. The van der Waals surface area contributed by atoms with E-state index in [-0.39, 0.29) is 6.10 Å². The average molecular weight is 228 g/mol. The van der Waals surface area contributed by atoms with Crippen LogP contribution < -0.4 is 0 Å². The van der Waals surface area contributed by atoms with Crippen LogP contribution in [0.2, 0.25) is 0 Å². The molecule has 0 heterocycles. The molecule has 1 aromatic carbocycles. The van der Waals surface area contributed by atoms with Crippen LogP contribution in [0.25, 0.3) is 0 Å². The zero-order valence-electron chi connectivity index (χ0n) is 10.2. The molecule has 0 radical (unpaired) electrons. The lowest BCUT2D eigenvalue weighted by Gasteiger charge is -2.32. The Hall–Kier alpha value is -0.820. The van der Waals surface area contributed by atoms with Gasteiger partial charge in [-0.2, -0.15) is 0 Å². The summed E-state index contributed by atoms with van der Waals surface area (Å²) < 4.78 is 0. The van der Waals surface area contributed by atoms with Gasteiger partial charge < -0.3 is 5.11 Å². The number of hydrogen-bond acceptors (Lipinski definition) is 1. The lowest BCUT2D eigenvalue weighted by molar-refractivity contribution is 0.115. The molecule has 0 bridgehead atoms. The summed E-state index contributed by atoms with van der Waals surface area (Å²) in [6.45, 7) is 0. The highest BCUT2D eigenvalue weighted by atomic mass is 16.3. The third-order valence-corrected chi connectivity index (χ3v) is 5.40. The van der Waals surface area contributed by atoms with Gasteiger partial charge in [-0.1, -0.05) is 30.7 Å². The maximum atomic E-state index is 10.4.